The van der Waals surface area contributed by atoms with Crippen LogP contribution in [0.3, 0.4) is 0 Å². The molecule has 1 aliphatic rings. The summed E-state index contributed by atoms with van der Waals surface area (Å²) in [6.45, 7) is 3.51. The number of ether oxygens (including phenoxy) is 1. The monoisotopic (exact) mass is 199 g/mol. The van der Waals surface area contributed by atoms with Crippen molar-refractivity contribution in [1.29, 1.82) is 5.41 Å². The van der Waals surface area contributed by atoms with Crippen LogP contribution in [0.1, 0.15) is 13.3 Å². The lowest BCUT2D eigenvalue weighted by molar-refractivity contribution is -0.0442. The molecule has 1 heterocycles. The average Bonchev–Trinajstić information content (AvgIpc) is 2.18. The molecule has 0 aromatic heterocycles. The topological polar surface area (TPSA) is 91.4 Å². The summed E-state index contributed by atoms with van der Waals surface area (Å²) in [7, 11) is 0. The summed E-state index contributed by atoms with van der Waals surface area (Å²) in [6.07, 6.45) is -0.440. The molecule has 5 N–H and O–H groups in total. The Labute approximate surface area is 83.4 Å². The maximum Gasteiger partial charge on any atom is 0.198 e. The smallest absolute Gasteiger partial charge is 0.198 e. The van der Waals surface area contributed by atoms with Gasteiger partial charge in [-0.05, 0) is 13.3 Å². The molecule has 5 heteroatoms. The SMILES string of the molecule is CCOC(O)C(=N)C1=C(N)CCNC1. The van der Waals surface area contributed by atoms with E-state index in [1.165, 1.54) is 0 Å². The summed E-state index contributed by atoms with van der Waals surface area (Å²) in [5.41, 5.74) is 7.15. The Morgan fingerprint density at radius 3 is 3.07 bits per heavy atom. The van der Waals surface area contributed by atoms with Crippen molar-refractivity contribution in [2.75, 3.05) is 19.7 Å². The third-order valence-corrected chi connectivity index (χ3v) is 2.16. The van der Waals surface area contributed by atoms with E-state index in [1.54, 1.807) is 6.92 Å². The van der Waals surface area contributed by atoms with Gasteiger partial charge in [-0.2, -0.15) is 0 Å². The van der Waals surface area contributed by atoms with Crippen molar-refractivity contribution in [3.05, 3.63) is 11.3 Å². The predicted molar refractivity (Wildman–Crippen MR) is 54.1 cm³/mol. The standard InChI is InChI=1S/C9H17N3O2/c1-2-14-9(13)8(11)6-5-12-4-3-7(6)10/h9,11-13H,2-5,10H2,1H3. The van der Waals surface area contributed by atoms with E-state index in [4.69, 9.17) is 15.9 Å². The quantitative estimate of drug-likeness (QED) is 0.365. The molecule has 0 aromatic rings. The minimum absolute atomic E-state index is 0.0663. The molecule has 0 spiro atoms. The minimum Gasteiger partial charge on any atom is -0.402 e. The largest absolute Gasteiger partial charge is 0.402 e. The molecular weight excluding hydrogens is 182 g/mol. The number of nitrogens with one attached hydrogen (secondary N) is 2. The Hall–Kier alpha value is -0.910. The molecule has 1 aliphatic heterocycles. The van der Waals surface area contributed by atoms with Gasteiger partial charge in [0.05, 0.1) is 5.71 Å². The Kier molecular flexibility index (Phi) is 4.06. The van der Waals surface area contributed by atoms with Gasteiger partial charge in [-0.25, -0.2) is 0 Å². The molecule has 14 heavy (non-hydrogen) atoms. The number of hydrogen-bond acceptors (Lipinski definition) is 5. The molecule has 1 atom stereocenters. The second kappa shape index (κ2) is 5.09. The summed E-state index contributed by atoms with van der Waals surface area (Å²) in [6, 6.07) is 0. The lowest BCUT2D eigenvalue weighted by Crippen LogP contribution is -2.36. The van der Waals surface area contributed by atoms with Crippen LogP contribution < -0.4 is 11.1 Å². The Bertz CT molecular complexity index is 250. The van der Waals surface area contributed by atoms with Crippen molar-refractivity contribution in [3.63, 3.8) is 0 Å². The Morgan fingerprint density at radius 1 is 1.79 bits per heavy atom. The van der Waals surface area contributed by atoms with Crippen LogP contribution in [-0.4, -0.2) is 36.8 Å². The lowest BCUT2D eigenvalue weighted by atomic mass is 10.0. The average molecular weight is 199 g/mol. The minimum atomic E-state index is -1.16. The van der Waals surface area contributed by atoms with E-state index < -0.39 is 6.29 Å². The zero-order chi connectivity index (χ0) is 10.6. The number of aliphatic hydroxyl groups is 1. The van der Waals surface area contributed by atoms with Crippen molar-refractivity contribution < 1.29 is 9.84 Å². The van der Waals surface area contributed by atoms with Crippen LogP contribution in [0.5, 0.6) is 0 Å². The zero-order valence-corrected chi connectivity index (χ0v) is 8.34. The highest BCUT2D eigenvalue weighted by Crippen LogP contribution is 2.11. The fourth-order valence-electron chi connectivity index (χ4n) is 1.36. The molecule has 0 fully saturated rings. The highest BCUT2D eigenvalue weighted by atomic mass is 16.6. The summed E-state index contributed by atoms with van der Waals surface area (Å²) < 4.78 is 4.92. The molecule has 0 aromatic carbocycles. The highest BCUT2D eigenvalue weighted by Gasteiger charge is 2.20. The fourth-order valence-corrected chi connectivity index (χ4v) is 1.36. The van der Waals surface area contributed by atoms with E-state index in [-0.39, 0.29) is 5.71 Å². The summed E-state index contributed by atoms with van der Waals surface area (Å²) in [5.74, 6) is 0. The second-order valence-electron chi connectivity index (χ2n) is 3.15. The van der Waals surface area contributed by atoms with Gasteiger partial charge < -0.3 is 20.9 Å². The fraction of sp³-hybridized carbons (Fsp3) is 0.667. The number of rotatable bonds is 4. The van der Waals surface area contributed by atoms with Crippen LogP contribution in [0.25, 0.3) is 0 Å². The summed E-state index contributed by atoms with van der Waals surface area (Å²) in [5, 5.41) is 20.2. The number of aliphatic hydroxyl groups excluding tert-OH is 1. The molecule has 0 aliphatic carbocycles. The van der Waals surface area contributed by atoms with Crippen LogP contribution in [0, 0.1) is 5.41 Å². The van der Waals surface area contributed by atoms with Gasteiger partial charge in [0, 0.05) is 31.0 Å². The molecule has 0 amide bonds. The first-order valence-corrected chi connectivity index (χ1v) is 4.73. The number of nitrogens with two attached hydrogens (primary N) is 1. The van der Waals surface area contributed by atoms with Crippen LogP contribution in [-0.2, 0) is 4.74 Å². The summed E-state index contributed by atoms with van der Waals surface area (Å²) >= 11 is 0. The van der Waals surface area contributed by atoms with Crippen LogP contribution in [0.2, 0.25) is 0 Å². The molecule has 0 saturated heterocycles. The van der Waals surface area contributed by atoms with Crippen molar-refractivity contribution in [1.82, 2.24) is 5.32 Å². The third-order valence-electron chi connectivity index (χ3n) is 2.16. The Balaban J connectivity index is 2.67. The molecular formula is C9H17N3O2. The van der Waals surface area contributed by atoms with E-state index in [0.29, 0.717) is 24.4 Å². The normalized spacial score (nSPS) is 19.6. The van der Waals surface area contributed by atoms with E-state index in [0.717, 1.165) is 13.0 Å². The lowest BCUT2D eigenvalue weighted by Gasteiger charge is -2.21. The van der Waals surface area contributed by atoms with Gasteiger partial charge in [0.2, 0.25) is 0 Å². The predicted octanol–water partition coefficient (Wildman–Crippen LogP) is -0.433. The van der Waals surface area contributed by atoms with Crippen LogP contribution in [0.15, 0.2) is 11.3 Å². The second-order valence-corrected chi connectivity index (χ2v) is 3.15. The van der Waals surface area contributed by atoms with Crippen molar-refractivity contribution in [2.24, 2.45) is 5.73 Å². The van der Waals surface area contributed by atoms with Gasteiger partial charge in [-0.3, -0.25) is 5.41 Å². The van der Waals surface area contributed by atoms with Crippen molar-refractivity contribution >= 4 is 5.71 Å². The molecule has 5 nitrogen and oxygen atoms in total. The van der Waals surface area contributed by atoms with Gasteiger partial charge >= 0.3 is 0 Å². The van der Waals surface area contributed by atoms with Gasteiger partial charge in [-0.1, -0.05) is 0 Å². The van der Waals surface area contributed by atoms with Crippen LogP contribution in [0.4, 0.5) is 0 Å². The first kappa shape index (κ1) is 11.2. The van der Waals surface area contributed by atoms with E-state index in [9.17, 15) is 5.11 Å². The molecule has 0 bridgehead atoms. The van der Waals surface area contributed by atoms with Gasteiger partial charge in [0.25, 0.3) is 0 Å². The van der Waals surface area contributed by atoms with Crippen molar-refractivity contribution in [3.8, 4) is 0 Å². The van der Waals surface area contributed by atoms with Crippen LogP contribution >= 0.6 is 0 Å². The van der Waals surface area contributed by atoms with Gasteiger partial charge in [-0.15, -0.1) is 0 Å². The highest BCUT2D eigenvalue weighted by molar-refractivity contribution is 6.01. The maximum atomic E-state index is 9.42. The summed E-state index contributed by atoms with van der Waals surface area (Å²) in [4.78, 5) is 0. The molecule has 1 rings (SSSR count). The Morgan fingerprint density at radius 2 is 2.50 bits per heavy atom. The van der Waals surface area contributed by atoms with E-state index in [2.05, 4.69) is 5.32 Å². The first-order chi connectivity index (χ1) is 6.66. The third kappa shape index (κ3) is 2.54. The first-order valence-electron chi connectivity index (χ1n) is 4.73. The van der Waals surface area contributed by atoms with E-state index >= 15 is 0 Å². The van der Waals surface area contributed by atoms with Crippen molar-refractivity contribution in [2.45, 2.75) is 19.6 Å². The van der Waals surface area contributed by atoms with Gasteiger partial charge in [0.1, 0.15) is 0 Å². The molecule has 1 unspecified atom stereocenters. The molecule has 0 radical (unpaired) electrons. The maximum absolute atomic E-state index is 9.42. The molecule has 80 valence electrons. The number of hydrogen-bond donors (Lipinski definition) is 4. The zero-order valence-electron chi connectivity index (χ0n) is 8.34. The molecule has 0 saturated carbocycles. The van der Waals surface area contributed by atoms with Gasteiger partial charge in [0.15, 0.2) is 6.29 Å². The van der Waals surface area contributed by atoms with E-state index in [1.807, 2.05) is 0 Å².